The second-order valence-corrected chi connectivity index (χ2v) is 5.77. The molecule has 1 aliphatic heterocycles. The van der Waals surface area contributed by atoms with Crippen LogP contribution >= 0.6 is 11.6 Å². The van der Waals surface area contributed by atoms with E-state index >= 15 is 0 Å². The van der Waals surface area contributed by atoms with Gasteiger partial charge in [-0.05, 0) is 38.6 Å². The van der Waals surface area contributed by atoms with E-state index < -0.39 is 0 Å². The number of hydrogen-bond acceptors (Lipinski definition) is 3. The van der Waals surface area contributed by atoms with Gasteiger partial charge in [-0.2, -0.15) is 0 Å². The molecule has 2 rings (SSSR count). The van der Waals surface area contributed by atoms with Crippen LogP contribution in [0, 0.1) is 0 Å². The number of nitrogens with one attached hydrogen (secondary N) is 1. The number of anilines is 1. The highest BCUT2D eigenvalue weighted by molar-refractivity contribution is 6.30. The van der Waals surface area contributed by atoms with Crippen molar-refractivity contribution >= 4 is 17.3 Å². The van der Waals surface area contributed by atoms with Gasteiger partial charge in [0.2, 0.25) is 0 Å². The zero-order valence-corrected chi connectivity index (χ0v) is 12.0. The van der Waals surface area contributed by atoms with Crippen LogP contribution in [0.5, 0.6) is 0 Å². The monoisotopic (exact) mass is 268 g/mol. The van der Waals surface area contributed by atoms with Crippen molar-refractivity contribution in [3.05, 3.63) is 28.8 Å². The summed E-state index contributed by atoms with van der Waals surface area (Å²) in [6.07, 6.45) is 0. The van der Waals surface area contributed by atoms with Crippen LogP contribution in [0.4, 0.5) is 5.69 Å². The normalized spacial score (nSPS) is 19.0. The van der Waals surface area contributed by atoms with Crippen LogP contribution in [0.15, 0.2) is 18.2 Å². The summed E-state index contributed by atoms with van der Waals surface area (Å²) in [7, 11) is 1.96. The Bertz CT molecular complexity index is 420. The molecule has 0 unspecified atom stereocenters. The Morgan fingerprint density at radius 3 is 2.89 bits per heavy atom. The molecule has 1 fully saturated rings. The number of ether oxygens (including phenoxy) is 1. The molecule has 3 nitrogen and oxygen atoms in total. The molecular weight excluding hydrogens is 248 g/mol. The molecule has 100 valence electrons. The molecule has 0 atom stereocenters. The van der Waals surface area contributed by atoms with Crippen molar-refractivity contribution in [3.63, 3.8) is 0 Å². The lowest BCUT2D eigenvalue weighted by Gasteiger charge is -2.40. The lowest BCUT2D eigenvalue weighted by atomic mass is 10.0. The molecule has 1 N–H and O–H groups in total. The van der Waals surface area contributed by atoms with Gasteiger partial charge in [0.05, 0.1) is 12.2 Å². The largest absolute Gasteiger partial charge is 0.372 e. The summed E-state index contributed by atoms with van der Waals surface area (Å²) in [6.45, 7) is 7.68. The van der Waals surface area contributed by atoms with Crippen molar-refractivity contribution in [1.29, 1.82) is 0 Å². The third-order valence-electron chi connectivity index (χ3n) is 3.18. The zero-order chi connectivity index (χ0) is 13.2. The summed E-state index contributed by atoms with van der Waals surface area (Å²) in [4.78, 5) is 2.36. The topological polar surface area (TPSA) is 24.5 Å². The van der Waals surface area contributed by atoms with E-state index in [0.717, 1.165) is 31.3 Å². The quantitative estimate of drug-likeness (QED) is 0.912. The van der Waals surface area contributed by atoms with E-state index in [1.165, 1.54) is 11.3 Å². The van der Waals surface area contributed by atoms with Gasteiger partial charge in [0.15, 0.2) is 0 Å². The molecule has 1 aromatic carbocycles. The number of halogens is 1. The number of morpholine rings is 1. The van der Waals surface area contributed by atoms with E-state index in [1.54, 1.807) is 0 Å². The third-order valence-corrected chi connectivity index (χ3v) is 3.42. The molecular formula is C14H21ClN2O. The Morgan fingerprint density at radius 2 is 2.22 bits per heavy atom. The van der Waals surface area contributed by atoms with Crippen molar-refractivity contribution in [1.82, 2.24) is 5.32 Å². The zero-order valence-electron chi connectivity index (χ0n) is 11.3. The molecule has 0 aromatic heterocycles. The Labute approximate surface area is 114 Å². The van der Waals surface area contributed by atoms with Crippen LogP contribution < -0.4 is 10.2 Å². The Balaban J connectivity index is 2.28. The van der Waals surface area contributed by atoms with Crippen LogP contribution in [0.3, 0.4) is 0 Å². The summed E-state index contributed by atoms with van der Waals surface area (Å²) in [5.74, 6) is 0. The van der Waals surface area contributed by atoms with E-state index in [-0.39, 0.29) is 5.60 Å². The molecule has 0 spiro atoms. The highest BCUT2D eigenvalue weighted by atomic mass is 35.5. The van der Waals surface area contributed by atoms with Gasteiger partial charge in [-0.3, -0.25) is 0 Å². The summed E-state index contributed by atoms with van der Waals surface area (Å²) in [6, 6.07) is 6.09. The molecule has 0 saturated carbocycles. The first kappa shape index (κ1) is 13.7. The van der Waals surface area contributed by atoms with E-state index in [9.17, 15) is 0 Å². The maximum Gasteiger partial charge on any atom is 0.0801 e. The summed E-state index contributed by atoms with van der Waals surface area (Å²) in [5.41, 5.74) is 2.39. The Hall–Kier alpha value is -0.770. The average molecular weight is 269 g/mol. The molecule has 1 aromatic rings. The van der Waals surface area contributed by atoms with Gasteiger partial charge in [-0.15, -0.1) is 0 Å². The molecule has 0 aliphatic carbocycles. The van der Waals surface area contributed by atoms with Crippen LogP contribution in [0.25, 0.3) is 0 Å². The summed E-state index contributed by atoms with van der Waals surface area (Å²) in [5, 5.41) is 3.99. The maximum atomic E-state index is 6.13. The minimum atomic E-state index is -0.0997. The lowest BCUT2D eigenvalue weighted by Crippen LogP contribution is -2.48. The summed E-state index contributed by atoms with van der Waals surface area (Å²) < 4.78 is 5.76. The van der Waals surface area contributed by atoms with Gasteiger partial charge in [-0.1, -0.05) is 17.7 Å². The fraction of sp³-hybridized carbons (Fsp3) is 0.571. The minimum absolute atomic E-state index is 0.0997. The molecule has 1 aliphatic rings. The van der Waals surface area contributed by atoms with Gasteiger partial charge in [-0.25, -0.2) is 0 Å². The first-order valence-corrected chi connectivity index (χ1v) is 6.71. The van der Waals surface area contributed by atoms with E-state index in [4.69, 9.17) is 16.3 Å². The van der Waals surface area contributed by atoms with Gasteiger partial charge < -0.3 is 15.0 Å². The third kappa shape index (κ3) is 3.16. The predicted molar refractivity (Wildman–Crippen MR) is 76.5 cm³/mol. The Morgan fingerprint density at radius 1 is 1.44 bits per heavy atom. The maximum absolute atomic E-state index is 6.13. The molecule has 0 amide bonds. The van der Waals surface area contributed by atoms with Crippen LogP contribution in [-0.2, 0) is 11.3 Å². The molecule has 4 heteroatoms. The van der Waals surface area contributed by atoms with Gasteiger partial charge in [0.1, 0.15) is 0 Å². The van der Waals surface area contributed by atoms with Gasteiger partial charge >= 0.3 is 0 Å². The van der Waals surface area contributed by atoms with Gasteiger partial charge in [0.25, 0.3) is 0 Å². The van der Waals surface area contributed by atoms with Gasteiger partial charge in [0, 0.05) is 30.3 Å². The number of rotatable bonds is 3. The first-order chi connectivity index (χ1) is 8.52. The molecule has 0 bridgehead atoms. The standard InChI is InChI=1S/C14H21ClN2O/c1-14(2)10-17(6-7-18-14)13-8-12(15)5-4-11(13)9-16-3/h4-5,8,16H,6-7,9-10H2,1-3H3. The summed E-state index contributed by atoms with van der Waals surface area (Å²) >= 11 is 6.13. The predicted octanol–water partition coefficient (Wildman–Crippen LogP) is 2.67. The fourth-order valence-electron chi connectivity index (χ4n) is 2.39. The number of nitrogens with zero attached hydrogens (tertiary/aromatic N) is 1. The minimum Gasteiger partial charge on any atom is -0.372 e. The number of benzene rings is 1. The lowest BCUT2D eigenvalue weighted by molar-refractivity contribution is -0.0277. The Kier molecular flexibility index (Phi) is 4.15. The number of hydrogen-bond donors (Lipinski definition) is 1. The first-order valence-electron chi connectivity index (χ1n) is 6.34. The van der Waals surface area contributed by atoms with Crippen molar-refractivity contribution < 1.29 is 4.74 Å². The smallest absolute Gasteiger partial charge is 0.0801 e. The highest BCUT2D eigenvalue weighted by Crippen LogP contribution is 2.29. The van der Waals surface area contributed by atoms with Crippen molar-refractivity contribution in [2.75, 3.05) is 31.6 Å². The molecule has 0 radical (unpaired) electrons. The second kappa shape index (κ2) is 5.47. The SMILES string of the molecule is CNCc1ccc(Cl)cc1N1CCOC(C)(C)C1. The van der Waals surface area contributed by atoms with E-state index in [2.05, 4.69) is 36.2 Å². The van der Waals surface area contributed by atoms with Crippen LogP contribution in [0.2, 0.25) is 5.02 Å². The van der Waals surface area contributed by atoms with Crippen LogP contribution in [0.1, 0.15) is 19.4 Å². The van der Waals surface area contributed by atoms with Crippen LogP contribution in [-0.4, -0.2) is 32.3 Å². The molecule has 1 saturated heterocycles. The van der Waals surface area contributed by atoms with Crippen molar-refractivity contribution in [3.8, 4) is 0 Å². The van der Waals surface area contributed by atoms with Crippen molar-refractivity contribution in [2.45, 2.75) is 26.0 Å². The fourth-order valence-corrected chi connectivity index (χ4v) is 2.56. The van der Waals surface area contributed by atoms with Crippen molar-refractivity contribution in [2.24, 2.45) is 0 Å². The average Bonchev–Trinajstić information content (AvgIpc) is 2.30. The van der Waals surface area contributed by atoms with E-state index in [1.807, 2.05) is 13.1 Å². The second-order valence-electron chi connectivity index (χ2n) is 5.33. The highest BCUT2D eigenvalue weighted by Gasteiger charge is 2.28. The molecule has 18 heavy (non-hydrogen) atoms. The van der Waals surface area contributed by atoms with E-state index in [0.29, 0.717) is 0 Å². The molecule has 1 heterocycles.